The average Bonchev–Trinajstić information content (AvgIpc) is 2.81. The topological polar surface area (TPSA) is 54.1 Å². The third kappa shape index (κ3) is 4.27. The first-order chi connectivity index (χ1) is 9.44. The molecule has 0 saturated heterocycles. The molecule has 0 radical (unpaired) electrons. The number of H-pyrrole nitrogens is 1. The fourth-order valence-corrected chi connectivity index (χ4v) is 1.71. The maximum Gasteiger partial charge on any atom is 0.411 e. The summed E-state index contributed by atoms with van der Waals surface area (Å²) in [7, 11) is 0. The Labute approximate surface area is 112 Å². The number of hydrogen-bond donors (Lipinski definition) is 2. The molecule has 0 fully saturated rings. The lowest BCUT2D eigenvalue weighted by atomic mass is 10.2. The van der Waals surface area contributed by atoms with E-state index in [9.17, 15) is 18.0 Å². The van der Waals surface area contributed by atoms with E-state index in [4.69, 9.17) is 0 Å². The van der Waals surface area contributed by atoms with E-state index in [0.717, 1.165) is 10.9 Å². The Balaban J connectivity index is 1.79. The molecule has 2 rings (SSSR count). The number of carbonyl (C=O) groups excluding carboxylic acids is 1. The lowest BCUT2D eigenvalue weighted by Crippen LogP contribution is -2.20. The lowest BCUT2D eigenvalue weighted by molar-refractivity contribution is -0.174. The van der Waals surface area contributed by atoms with Crippen molar-refractivity contribution in [2.24, 2.45) is 0 Å². The quantitative estimate of drug-likeness (QED) is 0.830. The van der Waals surface area contributed by atoms with Crippen LogP contribution >= 0.6 is 0 Å². The molecule has 0 saturated carbocycles. The summed E-state index contributed by atoms with van der Waals surface area (Å²) >= 11 is 0. The Bertz CT molecular complexity index is 593. The van der Waals surface area contributed by atoms with Gasteiger partial charge in [-0.1, -0.05) is 0 Å². The van der Waals surface area contributed by atoms with Gasteiger partial charge in [-0.2, -0.15) is 13.2 Å². The molecular formula is C13H13F3N2O2. The molecule has 108 valence electrons. The number of hydrogen-bond acceptors (Lipinski definition) is 2. The number of alkyl halides is 3. The summed E-state index contributed by atoms with van der Waals surface area (Å²) in [5.74, 6) is -0.387. The molecule has 4 nitrogen and oxygen atoms in total. The van der Waals surface area contributed by atoms with Crippen LogP contribution in [0.25, 0.3) is 10.9 Å². The normalized spacial score (nSPS) is 11.8. The van der Waals surface area contributed by atoms with Crippen molar-refractivity contribution in [1.29, 1.82) is 0 Å². The van der Waals surface area contributed by atoms with Crippen LogP contribution in [0.5, 0.6) is 0 Å². The number of ether oxygens (including phenoxy) is 1. The maximum absolute atomic E-state index is 11.8. The van der Waals surface area contributed by atoms with Crippen LogP contribution in [-0.4, -0.2) is 30.3 Å². The maximum atomic E-state index is 11.8. The van der Waals surface area contributed by atoms with Gasteiger partial charge in [-0.05, 0) is 24.3 Å². The summed E-state index contributed by atoms with van der Waals surface area (Å²) in [5.41, 5.74) is 1.54. The van der Waals surface area contributed by atoms with Crippen LogP contribution in [0.2, 0.25) is 0 Å². The van der Waals surface area contributed by atoms with Crippen molar-refractivity contribution in [3.05, 3.63) is 30.5 Å². The van der Waals surface area contributed by atoms with Gasteiger partial charge < -0.3 is 15.0 Å². The number of rotatable bonds is 5. The third-order valence-electron chi connectivity index (χ3n) is 2.58. The van der Waals surface area contributed by atoms with Crippen molar-refractivity contribution in [1.82, 2.24) is 4.98 Å². The van der Waals surface area contributed by atoms with Crippen LogP contribution in [-0.2, 0) is 9.53 Å². The van der Waals surface area contributed by atoms with Crippen molar-refractivity contribution < 1.29 is 22.7 Å². The second-order valence-corrected chi connectivity index (χ2v) is 4.25. The number of amides is 1. The molecule has 0 aliphatic carbocycles. The largest absolute Gasteiger partial charge is 0.411 e. The minimum atomic E-state index is -4.37. The standard InChI is InChI=1S/C13H13F3N2O2/c14-13(15,16)8-20-6-4-12(19)18-10-1-2-11-9(7-10)3-5-17-11/h1-3,5,7,17H,4,6,8H2,(H,18,19). The summed E-state index contributed by atoms with van der Waals surface area (Å²) < 4.78 is 39.8. The predicted molar refractivity (Wildman–Crippen MR) is 68.4 cm³/mol. The number of benzene rings is 1. The molecule has 1 amide bonds. The molecule has 0 atom stereocenters. The Morgan fingerprint density at radius 1 is 1.30 bits per heavy atom. The van der Waals surface area contributed by atoms with Gasteiger partial charge in [0.25, 0.3) is 0 Å². The van der Waals surface area contributed by atoms with Gasteiger partial charge in [0.2, 0.25) is 5.91 Å². The molecular weight excluding hydrogens is 273 g/mol. The van der Waals surface area contributed by atoms with Gasteiger partial charge in [-0.15, -0.1) is 0 Å². The van der Waals surface area contributed by atoms with E-state index in [-0.39, 0.29) is 18.9 Å². The van der Waals surface area contributed by atoms with Crippen LogP contribution < -0.4 is 5.32 Å². The van der Waals surface area contributed by atoms with E-state index in [1.165, 1.54) is 0 Å². The highest BCUT2D eigenvalue weighted by Crippen LogP contribution is 2.18. The molecule has 0 bridgehead atoms. The summed E-state index contributed by atoms with van der Waals surface area (Å²) in [6.07, 6.45) is -2.71. The highest BCUT2D eigenvalue weighted by molar-refractivity contribution is 5.93. The summed E-state index contributed by atoms with van der Waals surface area (Å²) in [5, 5.41) is 3.55. The predicted octanol–water partition coefficient (Wildman–Crippen LogP) is 3.08. The van der Waals surface area contributed by atoms with E-state index in [2.05, 4.69) is 15.0 Å². The van der Waals surface area contributed by atoms with Crippen LogP contribution in [0.15, 0.2) is 30.5 Å². The molecule has 1 heterocycles. The van der Waals surface area contributed by atoms with Gasteiger partial charge in [-0.3, -0.25) is 4.79 Å². The fraction of sp³-hybridized carbons (Fsp3) is 0.308. The van der Waals surface area contributed by atoms with Crippen molar-refractivity contribution in [2.75, 3.05) is 18.5 Å². The van der Waals surface area contributed by atoms with E-state index in [1.54, 1.807) is 18.3 Å². The zero-order valence-corrected chi connectivity index (χ0v) is 10.5. The van der Waals surface area contributed by atoms with Gasteiger partial charge >= 0.3 is 6.18 Å². The van der Waals surface area contributed by atoms with Crippen LogP contribution in [0.4, 0.5) is 18.9 Å². The number of anilines is 1. The van der Waals surface area contributed by atoms with Gasteiger partial charge in [-0.25, -0.2) is 0 Å². The molecule has 7 heteroatoms. The second kappa shape index (κ2) is 5.96. The second-order valence-electron chi connectivity index (χ2n) is 4.25. The minimum Gasteiger partial charge on any atom is -0.372 e. The van der Waals surface area contributed by atoms with Gasteiger partial charge in [0, 0.05) is 22.8 Å². The number of nitrogens with one attached hydrogen (secondary N) is 2. The zero-order chi connectivity index (χ0) is 14.6. The molecule has 0 aliphatic rings. The zero-order valence-electron chi connectivity index (χ0n) is 10.5. The lowest BCUT2D eigenvalue weighted by Gasteiger charge is -2.08. The van der Waals surface area contributed by atoms with Gasteiger partial charge in [0.05, 0.1) is 13.0 Å². The average molecular weight is 286 g/mol. The van der Waals surface area contributed by atoms with E-state index in [1.807, 2.05) is 12.1 Å². The minimum absolute atomic E-state index is 0.124. The molecule has 2 aromatic rings. The molecule has 20 heavy (non-hydrogen) atoms. The Morgan fingerprint density at radius 2 is 2.10 bits per heavy atom. The van der Waals surface area contributed by atoms with Gasteiger partial charge in [0.1, 0.15) is 6.61 Å². The summed E-state index contributed by atoms with van der Waals surface area (Å²) in [6, 6.07) is 7.16. The van der Waals surface area contributed by atoms with Crippen molar-refractivity contribution >= 4 is 22.5 Å². The number of aromatic nitrogens is 1. The third-order valence-corrected chi connectivity index (χ3v) is 2.58. The molecule has 1 aromatic heterocycles. The number of fused-ring (bicyclic) bond motifs is 1. The van der Waals surface area contributed by atoms with Crippen molar-refractivity contribution in [2.45, 2.75) is 12.6 Å². The first kappa shape index (κ1) is 14.4. The van der Waals surface area contributed by atoms with Crippen LogP contribution in [0.3, 0.4) is 0 Å². The molecule has 2 N–H and O–H groups in total. The number of aromatic amines is 1. The van der Waals surface area contributed by atoms with E-state index in [0.29, 0.717) is 5.69 Å². The van der Waals surface area contributed by atoms with Crippen LogP contribution in [0, 0.1) is 0 Å². The van der Waals surface area contributed by atoms with Crippen LogP contribution in [0.1, 0.15) is 6.42 Å². The van der Waals surface area contributed by atoms with Crippen molar-refractivity contribution in [3.63, 3.8) is 0 Å². The Hall–Kier alpha value is -2.02. The highest BCUT2D eigenvalue weighted by atomic mass is 19.4. The number of halogens is 3. The first-order valence-corrected chi connectivity index (χ1v) is 5.95. The molecule has 0 aliphatic heterocycles. The summed E-state index contributed by atoms with van der Waals surface area (Å²) in [6.45, 7) is -1.60. The molecule has 0 spiro atoms. The Morgan fingerprint density at radius 3 is 2.85 bits per heavy atom. The van der Waals surface area contributed by atoms with Crippen molar-refractivity contribution in [3.8, 4) is 0 Å². The monoisotopic (exact) mass is 286 g/mol. The van der Waals surface area contributed by atoms with Gasteiger partial charge in [0.15, 0.2) is 0 Å². The van der Waals surface area contributed by atoms with E-state index >= 15 is 0 Å². The molecule has 1 aromatic carbocycles. The van der Waals surface area contributed by atoms with E-state index < -0.39 is 12.8 Å². The smallest absolute Gasteiger partial charge is 0.372 e. The SMILES string of the molecule is O=C(CCOCC(F)(F)F)Nc1ccc2[nH]ccc2c1. The number of carbonyl (C=O) groups is 1. The summed E-state index contributed by atoms with van der Waals surface area (Å²) in [4.78, 5) is 14.5. The Kier molecular flexibility index (Phi) is 4.29. The first-order valence-electron chi connectivity index (χ1n) is 5.95. The highest BCUT2D eigenvalue weighted by Gasteiger charge is 2.27. The molecule has 0 unspecified atom stereocenters. The fourth-order valence-electron chi connectivity index (χ4n) is 1.71.